The molecule has 0 aliphatic heterocycles. The quantitative estimate of drug-likeness (QED) is 0.797. The van der Waals surface area contributed by atoms with Gasteiger partial charge in [-0.25, -0.2) is 0 Å². The van der Waals surface area contributed by atoms with Crippen LogP contribution in [0.2, 0.25) is 0 Å². The van der Waals surface area contributed by atoms with E-state index in [1.807, 2.05) is 0 Å². The average Bonchev–Trinajstić information content (AvgIpc) is 2.07. The van der Waals surface area contributed by atoms with Gasteiger partial charge in [0.2, 0.25) is 0 Å². The molecule has 0 saturated heterocycles. The Hall–Kier alpha value is -0.110. The summed E-state index contributed by atoms with van der Waals surface area (Å²) in [6.45, 7) is -1.18. The molecule has 0 fully saturated rings. The lowest BCUT2D eigenvalue weighted by molar-refractivity contribution is -0.145. The van der Waals surface area contributed by atoms with E-state index in [-0.39, 0.29) is 9.21 Å². The van der Waals surface area contributed by atoms with Gasteiger partial charge in [0.1, 0.15) is 0 Å². The molecule has 0 bridgehead atoms. The first-order valence-corrected chi connectivity index (χ1v) is 4.30. The topological polar surface area (TPSA) is 30.7 Å². The molecule has 0 saturated carbocycles. The monoisotopic (exact) mass is 307 g/mol. The lowest BCUT2D eigenvalue weighted by atomic mass is 10.7. The highest BCUT2D eigenvalue weighted by Gasteiger charge is 2.29. The predicted octanol–water partition coefficient (Wildman–Crippen LogP) is 2.37. The fourth-order valence-electron chi connectivity index (χ4n) is 0.539. The van der Waals surface area contributed by atoms with Crippen LogP contribution in [0.4, 0.5) is 13.2 Å². The number of hydrogen-bond acceptors (Lipinski definition) is 2. The first kappa shape index (κ1) is 9.97. The summed E-state index contributed by atoms with van der Waals surface area (Å²) in [5.74, 6) is 0. The van der Waals surface area contributed by atoms with E-state index in [1.165, 1.54) is 0 Å². The SMILES string of the molecule is FC(F)(F)Cn1nc(Br)c(Br)n1. The van der Waals surface area contributed by atoms with Crippen molar-refractivity contribution in [1.82, 2.24) is 15.0 Å². The van der Waals surface area contributed by atoms with E-state index in [4.69, 9.17) is 0 Å². The molecule has 1 rings (SSSR count). The Kier molecular flexibility index (Phi) is 2.77. The number of alkyl halides is 3. The van der Waals surface area contributed by atoms with E-state index >= 15 is 0 Å². The third-order valence-corrected chi connectivity index (χ3v) is 2.50. The molecule has 8 heteroatoms. The molecule has 0 amide bonds. The second-order valence-electron chi connectivity index (χ2n) is 1.93. The van der Waals surface area contributed by atoms with Gasteiger partial charge < -0.3 is 0 Å². The van der Waals surface area contributed by atoms with Crippen molar-refractivity contribution < 1.29 is 13.2 Å². The van der Waals surface area contributed by atoms with Crippen molar-refractivity contribution in [2.24, 2.45) is 0 Å². The van der Waals surface area contributed by atoms with Gasteiger partial charge in [0.05, 0.1) is 0 Å². The molecule has 1 aromatic heterocycles. The number of hydrogen-bond donors (Lipinski definition) is 0. The zero-order valence-electron chi connectivity index (χ0n) is 5.44. The number of rotatable bonds is 1. The van der Waals surface area contributed by atoms with E-state index in [1.54, 1.807) is 0 Å². The van der Waals surface area contributed by atoms with Gasteiger partial charge in [-0.15, -0.1) is 10.2 Å². The van der Waals surface area contributed by atoms with Crippen LogP contribution in [0.3, 0.4) is 0 Å². The lowest BCUT2D eigenvalue weighted by Crippen LogP contribution is -2.19. The van der Waals surface area contributed by atoms with Gasteiger partial charge in [-0.3, -0.25) is 0 Å². The second-order valence-corrected chi connectivity index (χ2v) is 3.43. The molecule has 0 N–H and O–H groups in total. The minimum absolute atomic E-state index is 0.256. The van der Waals surface area contributed by atoms with E-state index in [0.717, 1.165) is 0 Å². The molecule has 12 heavy (non-hydrogen) atoms. The summed E-state index contributed by atoms with van der Waals surface area (Å²) >= 11 is 5.83. The zero-order chi connectivity index (χ0) is 9.35. The highest BCUT2D eigenvalue weighted by atomic mass is 79.9. The minimum Gasteiger partial charge on any atom is -0.173 e. The van der Waals surface area contributed by atoms with Crippen LogP contribution in [-0.2, 0) is 6.54 Å². The van der Waals surface area contributed by atoms with Gasteiger partial charge in [0.25, 0.3) is 0 Å². The average molecular weight is 309 g/mol. The minimum atomic E-state index is -4.29. The maximum Gasteiger partial charge on any atom is 0.409 e. The Balaban J connectivity index is 2.77. The van der Waals surface area contributed by atoms with E-state index in [0.29, 0.717) is 4.80 Å². The molecule has 0 aliphatic rings. The molecule has 1 heterocycles. The molecular weight excluding hydrogens is 307 g/mol. The van der Waals surface area contributed by atoms with Crippen LogP contribution in [0.25, 0.3) is 0 Å². The Morgan fingerprint density at radius 2 is 1.58 bits per heavy atom. The molecule has 3 nitrogen and oxygen atoms in total. The molecule has 0 unspecified atom stereocenters. The highest BCUT2D eigenvalue weighted by Crippen LogP contribution is 2.20. The number of halogens is 5. The van der Waals surface area contributed by atoms with Gasteiger partial charge in [0.15, 0.2) is 15.8 Å². The maximum absolute atomic E-state index is 11.8. The van der Waals surface area contributed by atoms with Crippen molar-refractivity contribution in [1.29, 1.82) is 0 Å². The Morgan fingerprint density at radius 1 is 1.17 bits per heavy atom. The van der Waals surface area contributed by atoms with Crippen molar-refractivity contribution in [2.75, 3.05) is 0 Å². The normalized spacial score (nSPS) is 12.1. The van der Waals surface area contributed by atoms with Crippen molar-refractivity contribution in [3.05, 3.63) is 9.21 Å². The van der Waals surface area contributed by atoms with E-state index < -0.39 is 12.7 Å². The molecule has 0 aromatic carbocycles. The molecule has 68 valence electrons. The van der Waals surface area contributed by atoms with E-state index in [9.17, 15) is 13.2 Å². The molecule has 0 radical (unpaired) electrons. The summed E-state index contributed by atoms with van der Waals surface area (Å²) in [4.78, 5) is 0.564. The van der Waals surface area contributed by atoms with Crippen LogP contribution in [0.5, 0.6) is 0 Å². The fourth-order valence-corrected chi connectivity index (χ4v) is 1.06. The Labute approximate surface area is 82.2 Å². The third-order valence-electron chi connectivity index (χ3n) is 0.897. The van der Waals surface area contributed by atoms with Crippen LogP contribution in [0.1, 0.15) is 0 Å². The van der Waals surface area contributed by atoms with Gasteiger partial charge >= 0.3 is 6.18 Å². The van der Waals surface area contributed by atoms with Crippen molar-refractivity contribution in [3.8, 4) is 0 Å². The van der Waals surface area contributed by atoms with Gasteiger partial charge in [-0.1, -0.05) is 0 Å². The second kappa shape index (κ2) is 3.33. The predicted molar refractivity (Wildman–Crippen MR) is 41.5 cm³/mol. The first-order chi connectivity index (χ1) is 5.38. The number of nitrogens with zero attached hydrogens (tertiary/aromatic N) is 3. The fraction of sp³-hybridized carbons (Fsp3) is 0.500. The molecule has 1 aromatic rings. The van der Waals surface area contributed by atoms with Gasteiger partial charge in [0, 0.05) is 0 Å². The van der Waals surface area contributed by atoms with Crippen molar-refractivity contribution in [2.45, 2.75) is 12.7 Å². The molecule has 0 atom stereocenters. The molecular formula is C4H2Br2F3N3. The van der Waals surface area contributed by atoms with Crippen molar-refractivity contribution >= 4 is 31.9 Å². The number of aromatic nitrogens is 3. The smallest absolute Gasteiger partial charge is 0.173 e. The summed E-state index contributed by atoms with van der Waals surface area (Å²) in [6.07, 6.45) is -4.29. The van der Waals surface area contributed by atoms with Crippen LogP contribution >= 0.6 is 31.9 Å². The van der Waals surface area contributed by atoms with Crippen LogP contribution in [-0.4, -0.2) is 21.2 Å². The van der Waals surface area contributed by atoms with Crippen LogP contribution in [0.15, 0.2) is 9.21 Å². The molecule has 0 spiro atoms. The zero-order valence-corrected chi connectivity index (χ0v) is 8.61. The van der Waals surface area contributed by atoms with E-state index in [2.05, 4.69) is 42.1 Å². The van der Waals surface area contributed by atoms with Crippen LogP contribution in [0, 0.1) is 0 Å². The summed E-state index contributed by atoms with van der Waals surface area (Å²) in [6, 6.07) is 0. The molecule has 0 aliphatic carbocycles. The maximum atomic E-state index is 11.8. The summed E-state index contributed by atoms with van der Waals surface area (Å²) < 4.78 is 35.8. The summed E-state index contributed by atoms with van der Waals surface area (Å²) in [5, 5.41) is 6.90. The first-order valence-electron chi connectivity index (χ1n) is 2.71. The van der Waals surface area contributed by atoms with Gasteiger partial charge in [-0.05, 0) is 31.9 Å². The van der Waals surface area contributed by atoms with Crippen molar-refractivity contribution in [3.63, 3.8) is 0 Å². The largest absolute Gasteiger partial charge is 0.409 e. The third kappa shape index (κ3) is 2.74. The standard InChI is InChI=1S/C4H2Br2F3N3/c5-2-3(6)11-12(10-2)1-4(7,8)9/h1H2. The van der Waals surface area contributed by atoms with Crippen LogP contribution < -0.4 is 0 Å². The lowest BCUT2D eigenvalue weighted by Gasteiger charge is -2.03. The summed E-state index contributed by atoms with van der Waals surface area (Å²) in [5.41, 5.74) is 0. The Morgan fingerprint density at radius 3 is 1.92 bits per heavy atom. The highest BCUT2D eigenvalue weighted by molar-refractivity contribution is 9.13. The van der Waals surface area contributed by atoms with Gasteiger partial charge in [-0.2, -0.15) is 18.0 Å². The summed E-state index contributed by atoms with van der Waals surface area (Å²) in [7, 11) is 0. The Bertz CT molecular complexity index is 262.